The van der Waals surface area contributed by atoms with Crippen LogP contribution in [0.3, 0.4) is 0 Å². The number of rotatable bonds is 3. The minimum atomic E-state index is -0.705. The average Bonchev–Trinajstić information content (AvgIpc) is 2.40. The summed E-state index contributed by atoms with van der Waals surface area (Å²) in [5.74, 6) is -1.17. The Hall–Kier alpha value is -2.15. The minimum absolute atomic E-state index is 0.104. The second kappa shape index (κ2) is 5.23. The van der Waals surface area contributed by atoms with Crippen LogP contribution in [0.1, 0.15) is 11.3 Å². The SMILES string of the molecule is Cc1ccc(F)c(Nc2cnc(C(N)=S)cn2)c1F. The molecule has 1 aromatic heterocycles. The van der Waals surface area contributed by atoms with Gasteiger partial charge >= 0.3 is 0 Å². The van der Waals surface area contributed by atoms with E-state index in [0.717, 1.165) is 0 Å². The summed E-state index contributed by atoms with van der Waals surface area (Å²) in [7, 11) is 0. The molecule has 2 rings (SSSR count). The summed E-state index contributed by atoms with van der Waals surface area (Å²) in [6.07, 6.45) is 2.63. The van der Waals surface area contributed by atoms with Crippen molar-refractivity contribution >= 4 is 28.7 Å². The molecule has 0 saturated carbocycles. The highest BCUT2D eigenvalue weighted by Gasteiger charge is 2.12. The Kier molecular flexibility index (Phi) is 3.66. The summed E-state index contributed by atoms with van der Waals surface area (Å²) < 4.78 is 27.3. The van der Waals surface area contributed by atoms with Crippen molar-refractivity contribution in [3.8, 4) is 0 Å². The summed E-state index contributed by atoms with van der Waals surface area (Å²) in [4.78, 5) is 7.96. The number of benzene rings is 1. The van der Waals surface area contributed by atoms with E-state index in [-0.39, 0.29) is 16.5 Å². The summed E-state index contributed by atoms with van der Waals surface area (Å²) >= 11 is 4.73. The van der Waals surface area contributed by atoms with Crippen molar-refractivity contribution in [2.45, 2.75) is 6.92 Å². The summed E-state index contributed by atoms with van der Waals surface area (Å²) in [6, 6.07) is 2.54. The Morgan fingerprint density at radius 2 is 2.00 bits per heavy atom. The third kappa shape index (κ3) is 2.82. The number of anilines is 2. The van der Waals surface area contributed by atoms with Crippen molar-refractivity contribution < 1.29 is 8.78 Å². The maximum absolute atomic E-state index is 13.8. The molecule has 0 atom stereocenters. The van der Waals surface area contributed by atoms with Crippen molar-refractivity contribution in [3.05, 3.63) is 47.4 Å². The first-order chi connectivity index (χ1) is 8.99. The molecule has 0 aliphatic heterocycles. The molecule has 4 nitrogen and oxygen atoms in total. The number of aromatic nitrogens is 2. The lowest BCUT2D eigenvalue weighted by molar-refractivity contribution is 0.584. The highest BCUT2D eigenvalue weighted by molar-refractivity contribution is 7.80. The fourth-order valence-corrected chi connectivity index (χ4v) is 1.52. The molecule has 0 bridgehead atoms. The van der Waals surface area contributed by atoms with Crippen LogP contribution in [0.4, 0.5) is 20.3 Å². The van der Waals surface area contributed by atoms with Crippen LogP contribution in [0, 0.1) is 18.6 Å². The van der Waals surface area contributed by atoms with E-state index < -0.39 is 11.6 Å². The van der Waals surface area contributed by atoms with Gasteiger partial charge in [0.2, 0.25) is 0 Å². The van der Waals surface area contributed by atoms with E-state index in [9.17, 15) is 8.78 Å². The van der Waals surface area contributed by atoms with Gasteiger partial charge in [0.1, 0.15) is 28.0 Å². The molecule has 3 N–H and O–H groups in total. The van der Waals surface area contributed by atoms with Crippen LogP contribution < -0.4 is 11.1 Å². The highest BCUT2D eigenvalue weighted by atomic mass is 32.1. The van der Waals surface area contributed by atoms with Gasteiger partial charge in [-0.15, -0.1) is 0 Å². The zero-order valence-corrected chi connectivity index (χ0v) is 10.8. The molecule has 0 radical (unpaired) electrons. The Labute approximate surface area is 113 Å². The van der Waals surface area contributed by atoms with E-state index in [4.69, 9.17) is 18.0 Å². The van der Waals surface area contributed by atoms with E-state index >= 15 is 0 Å². The first-order valence-corrected chi connectivity index (χ1v) is 5.73. The molecule has 1 aromatic carbocycles. The lowest BCUT2D eigenvalue weighted by atomic mass is 10.2. The molecule has 0 fully saturated rings. The third-order valence-corrected chi connectivity index (χ3v) is 2.65. The van der Waals surface area contributed by atoms with Crippen LogP contribution >= 0.6 is 12.2 Å². The van der Waals surface area contributed by atoms with E-state index in [1.54, 1.807) is 6.92 Å². The van der Waals surface area contributed by atoms with Crippen LogP contribution in [-0.2, 0) is 0 Å². The zero-order chi connectivity index (χ0) is 14.0. The predicted molar refractivity (Wildman–Crippen MR) is 72.3 cm³/mol. The molecule has 0 aliphatic carbocycles. The number of thiocarbonyl (C=S) groups is 1. The summed E-state index contributed by atoms with van der Waals surface area (Å²) in [6.45, 7) is 1.54. The summed E-state index contributed by atoms with van der Waals surface area (Å²) in [5.41, 5.74) is 5.78. The zero-order valence-electron chi connectivity index (χ0n) is 9.95. The molecule has 0 spiro atoms. The number of nitrogens with zero attached hydrogens (tertiary/aromatic N) is 2. The van der Waals surface area contributed by atoms with Gasteiger partial charge < -0.3 is 11.1 Å². The first kappa shape index (κ1) is 13.3. The topological polar surface area (TPSA) is 63.8 Å². The normalized spacial score (nSPS) is 10.3. The Balaban J connectivity index is 2.31. The third-order valence-electron chi connectivity index (χ3n) is 2.44. The quantitative estimate of drug-likeness (QED) is 0.845. The summed E-state index contributed by atoms with van der Waals surface area (Å²) in [5, 5.41) is 2.54. The molecular formula is C12H10F2N4S. The number of hydrogen-bond donors (Lipinski definition) is 2. The van der Waals surface area contributed by atoms with Crippen LogP contribution in [-0.4, -0.2) is 15.0 Å². The standard InChI is InChI=1S/C12H10F2N4S/c1-6-2-3-7(13)11(10(6)14)18-9-5-16-8(4-17-9)12(15)19/h2-5H,1H3,(H2,15,19)(H,17,18). The van der Waals surface area contributed by atoms with E-state index in [0.29, 0.717) is 11.3 Å². The maximum Gasteiger partial charge on any atom is 0.152 e. The van der Waals surface area contributed by atoms with Gasteiger partial charge in [0.05, 0.1) is 12.4 Å². The lowest BCUT2D eigenvalue weighted by Crippen LogP contribution is -2.12. The Morgan fingerprint density at radius 1 is 1.26 bits per heavy atom. The lowest BCUT2D eigenvalue weighted by Gasteiger charge is -2.09. The molecule has 1 heterocycles. The fraction of sp³-hybridized carbons (Fsp3) is 0.0833. The van der Waals surface area contributed by atoms with Gasteiger partial charge in [-0.05, 0) is 18.6 Å². The van der Waals surface area contributed by atoms with Crippen LogP contribution in [0.25, 0.3) is 0 Å². The molecule has 0 aliphatic rings. The Bertz CT molecular complexity index is 628. The molecule has 0 unspecified atom stereocenters. The van der Waals surface area contributed by atoms with Crippen LogP contribution in [0.2, 0.25) is 0 Å². The van der Waals surface area contributed by atoms with Gasteiger partial charge in [-0.2, -0.15) is 0 Å². The van der Waals surface area contributed by atoms with Gasteiger partial charge in [0, 0.05) is 0 Å². The number of aryl methyl sites for hydroxylation is 1. The Morgan fingerprint density at radius 3 is 2.58 bits per heavy atom. The predicted octanol–water partition coefficient (Wildman–Crippen LogP) is 2.44. The largest absolute Gasteiger partial charge is 0.388 e. The molecule has 0 saturated heterocycles. The van der Waals surface area contributed by atoms with Gasteiger partial charge in [0.15, 0.2) is 5.82 Å². The average molecular weight is 280 g/mol. The van der Waals surface area contributed by atoms with Crippen LogP contribution in [0.5, 0.6) is 0 Å². The maximum atomic E-state index is 13.8. The van der Waals surface area contributed by atoms with Crippen molar-refractivity contribution in [1.82, 2.24) is 9.97 Å². The second-order valence-electron chi connectivity index (χ2n) is 3.83. The molecule has 0 amide bonds. The molecule has 19 heavy (non-hydrogen) atoms. The van der Waals surface area contributed by atoms with Crippen molar-refractivity contribution in [1.29, 1.82) is 0 Å². The molecule has 2 aromatic rings. The first-order valence-electron chi connectivity index (χ1n) is 5.32. The van der Waals surface area contributed by atoms with E-state index in [1.165, 1.54) is 24.5 Å². The minimum Gasteiger partial charge on any atom is -0.388 e. The van der Waals surface area contributed by atoms with Crippen LogP contribution in [0.15, 0.2) is 24.5 Å². The monoisotopic (exact) mass is 280 g/mol. The second-order valence-corrected chi connectivity index (χ2v) is 4.27. The number of hydrogen-bond acceptors (Lipinski definition) is 4. The molecular weight excluding hydrogens is 270 g/mol. The van der Waals surface area contributed by atoms with Gasteiger partial charge in [0.25, 0.3) is 0 Å². The number of nitrogens with one attached hydrogen (secondary N) is 1. The molecule has 98 valence electrons. The fourth-order valence-electron chi connectivity index (χ4n) is 1.42. The molecule has 7 heteroatoms. The smallest absolute Gasteiger partial charge is 0.152 e. The number of nitrogens with two attached hydrogens (primary N) is 1. The van der Waals surface area contributed by atoms with Gasteiger partial charge in [-0.3, -0.25) is 0 Å². The van der Waals surface area contributed by atoms with Crippen molar-refractivity contribution in [2.24, 2.45) is 5.73 Å². The van der Waals surface area contributed by atoms with Gasteiger partial charge in [-0.1, -0.05) is 18.3 Å². The highest BCUT2D eigenvalue weighted by Crippen LogP contribution is 2.24. The van der Waals surface area contributed by atoms with E-state index in [1.807, 2.05) is 0 Å². The van der Waals surface area contributed by atoms with Crippen molar-refractivity contribution in [3.63, 3.8) is 0 Å². The van der Waals surface area contributed by atoms with E-state index in [2.05, 4.69) is 15.3 Å². The van der Waals surface area contributed by atoms with Gasteiger partial charge in [-0.25, -0.2) is 18.7 Å². The number of halogens is 2. The van der Waals surface area contributed by atoms with Crippen molar-refractivity contribution in [2.75, 3.05) is 5.32 Å².